The van der Waals surface area contributed by atoms with Gasteiger partial charge in [-0.05, 0) is 52.1 Å². The van der Waals surface area contributed by atoms with Crippen molar-refractivity contribution in [2.24, 2.45) is 5.10 Å². The Balaban J connectivity index is 1.47. The first-order valence-corrected chi connectivity index (χ1v) is 10.6. The van der Waals surface area contributed by atoms with Crippen molar-refractivity contribution in [2.45, 2.75) is 6.54 Å². The van der Waals surface area contributed by atoms with Crippen LogP contribution < -0.4 is 14.9 Å². The highest BCUT2D eigenvalue weighted by atomic mass is 16.5. The van der Waals surface area contributed by atoms with E-state index in [2.05, 4.69) is 78.2 Å². The Kier molecular flexibility index (Phi) is 5.34. The molecule has 0 heterocycles. The Bertz CT molecular complexity index is 1250. The van der Waals surface area contributed by atoms with Gasteiger partial charge in [0.05, 0.1) is 26.5 Å². The van der Waals surface area contributed by atoms with Crippen LogP contribution in [0.5, 0.6) is 11.5 Å². The van der Waals surface area contributed by atoms with Crippen LogP contribution in [-0.4, -0.2) is 19.9 Å². The summed E-state index contributed by atoms with van der Waals surface area (Å²) in [6.45, 7) is 0.576. The molecule has 0 saturated carbocycles. The second kappa shape index (κ2) is 8.60. The van der Waals surface area contributed by atoms with Crippen LogP contribution in [-0.2, 0) is 6.54 Å². The topological polar surface area (TPSA) is 42.9 Å². The smallest absolute Gasteiger partial charge is 0.119 e. The minimum absolute atomic E-state index is 0.576. The molecular formula is C28H24N2O2. The normalized spacial score (nSPS) is 11.5. The average molecular weight is 421 g/mol. The first-order chi connectivity index (χ1) is 15.8. The monoisotopic (exact) mass is 420 g/mol. The van der Waals surface area contributed by atoms with E-state index in [4.69, 9.17) is 14.6 Å². The standard InChI is InChI=1S/C28H24N2O2/c1-31-21-13-11-19(12-14-21)23-16-15-22(32-2)17-20(23)18-29-30-28-26-9-5-3-7-24(26)25-8-4-6-10-27(25)28/h3-17,29H,18H2,1-2H3. The average Bonchev–Trinajstić information content (AvgIpc) is 3.18. The number of benzene rings is 4. The Hall–Kier alpha value is -4.05. The van der Waals surface area contributed by atoms with Crippen LogP contribution in [0.1, 0.15) is 16.7 Å². The highest BCUT2D eigenvalue weighted by Crippen LogP contribution is 2.36. The van der Waals surface area contributed by atoms with E-state index in [0.717, 1.165) is 45.0 Å². The second-order valence-electron chi connectivity index (χ2n) is 7.64. The van der Waals surface area contributed by atoms with Crippen molar-refractivity contribution in [2.75, 3.05) is 14.2 Å². The van der Waals surface area contributed by atoms with Crippen LogP contribution in [0.3, 0.4) is 0 Å². The van der Waals surface area contributed by atoms with Crippen molar-refractivity contribution in [3.05, 3.63) is 108 Å². The molecule has 1 N–H and O–H groups in total. The van der Waals surface area contributed by atoms with Crippen molar-refractivity contribution in [1.82, 2.24) is 5.43 Å². The quantitative estimate of drug-likeness (QED) is 0.348. The summed E-state index contributed by atoms with van der Waals surface area (Å²) in [7, 11) is 3.36. The fourth-order valence-electron chi connectivity index (χ4n) is 4.21. The van der Waals surface area contributed by atoms with E-state index in [1.807, 2.05) is 18.2 Å². The molecule has 0 unspecified atom stereocenters. The van der Waals surface area contributed by atoms with E-state index in [9.17, 15) is 0 Å². The summed E-state index contributed by atoms with van der Waals surface area (Å²) in [4.78, 5) is 0. The summed E-state index contributed by atoms with van der Waals surface area (Å²) in [6.07, 6.45) is 0. The van der Waals surface area contributed by atoms with Crippen LogP contribution in [0.25, 0.3) is 22.3 Å². The summed E-state index contributed by atoms with van der Waals surface area (Å²) in [5.74, 6) is 1.66. The summed E-state index contributed by atoms with van der Waals surface area (Å²) in [6, 6.07) is 31.1. The molecule has 0 saturated heterocycles. The van der Waals surface area contributed by atoms with Crippen LogP contribution in [0.2, 0.25) is 0 Å². The minimum Gasteiger partial charge on any atom is -0.497 e. The number of ether oxygens (including phenoxy) is 2. The summed E-state index contributed by atoms with van der Waals surface area (Å²) < 4.78 is 10.8. The van der Waals surface area contributed by atoms with Crippen molar-refractivity contribution >= 4 is 5.71 Å². The predicted molar refractivity (Wildman–Crippen MR) is 129 cm³/mol. The molecule has 0 aliphatic heterocycles. The molecule has 0 bridgehead atoms. The number of fused-ring (bicyclic) bond motifs is 3. The first kappa shape index (κ1) is 19.9. The van der Waals surface area contributed by atoms with Crippen molar-refractivity contribution in [1.29, 1.82) is 0 Å². The number of nitrogens with zero attached hydrogens (tertiary/aromatic N) is 1. The largest absolute Gasteiger partial charge is 0.497 e. The van der Waals surface area contributed by atoms with Gasteiger partial charge < -0.3 is 14.9 Å². The molecule has 0 fully saturated rings. The number of hydrazone groups is 1. The molecule has 32 heavy (non-hydrogen) atoms. The lowest BCUT2D eigenvalue weighted by atomic mass is 9.99. The SMILES string of the molecule is COc1ccc(-c2ccc(OC)cc2CNN=C2c3ccccc3-c3ccccc32)cc1. The summed E-state index contributed by atoms with van der Waals surface area (Å²) in [5.41, 5.74) is 12.4. The molecular weight excluding hydrogens is 396 g/mol. The van der Waals surface area contributed by atoms with Crippen LogP contribution in [0.4, 0.5) is 0 Å². The summed E-state index contributed by atoms with van der Waals surface area (Å²) in [5, 5.41) is 4.82. The molecule has 0 spiro atoms. The molecule has 5 rings (SSSR count). The van der Waals surface area contributed by atoms with E-state index in [1.54, 1.807) is 14.2 Å². The van der Waals surface area contributed by atoms with Gasteiger partial charge in [-0.15, -0.1) is 0 Å². The van der Waals surface area contributed by atoms with Gasteiger partial charge in [-0.2, -0.15) is 5.10 Å². The lowest BCUT2D eigenvalue weighted by molar-refractivity contribution is 0.414. The fourth-order valence-corrected chi connectivity index (χ4v) is 4.21. The van der Waals surface area contributed by atoms with Gasteiger partial charge in [0.15, 0.2) is 0 Å². The zero-order valence-electron chi connectivity index (χ0n) is 18.1. The van der Waals surface area contributed by atoms with Gasteiger partial charge in [-0.3, -0.25) is 0 Å². The molecule has 4 aromatic rings. The highest BCUT2D eigenvalue weighted by molar-refractivity contribution is 6.24. The third kappa shape index (κ3) is 3.60. The second-order valence-corrected chi connectivity index (χ2v) is 7.64. The lowest BCUT2D eigenvalue weighted by Crippen LogP contribution is -2.11. The molecule has 0 radical (unpaired) electrons. The molecule has 1 aliphatic rings. The van der Waals surface area contributed by atoms with Gasteiger partial charge in [-0.25, -0.2) is 0 Å². The van der Waals surface area contributed by atoms with E-state index in [-0.39, 0.29) is 0 Å². The van der Waals surface area contributed by atoms with Crippen molar-refractivity contribution in [3.63, 3.8) is 0 Å². The molecule has 0 aromatic heterocycles. The van der Waals surface area contributed by atoms with Crippen LogP contribution in [0, 0.1) is 0 Å². The van der Waals surface area contributed by atoms with Gasteiger partial charge in [0, 0.05) is 11.1 Å². The Morgan fingerprint density at radius 2 is 1.19 bits per heavy atom. The number of hydrogen-bond acceptors (Lipinski definition) is 4. The van der Waals surface area contributed by atoms with Gasteiger partial charge in [0.2, 0.25) is 0 Å². The molecule has 4 nitrogen and oxygen atoms in total. The minimum atomic E-state index is 0.576. The number of rotatable bonds is 6. The maximum atomic E-state index is 5.47. The van der Waals surface area contributed by atoms with Crippen molar-refractivity contribution < 1.29 is 9.47 Å². The van der Waals surface area contributed by atoms with E-state index >= 15 is 0 Å². The maximum Gasteiger partial charge on any atom is 0.119 e. The van der Waals surface area contributed by atoms with E-state index in [1.165, 1.54) is 11.1 Å². The molecule has 1 aliphatic carbocycles. The highest BCUT2D eigenvalue weighted by Gasteiger charge is 2.23. The van der Waals surface area contributed by atoms with Crippen LogP contribution >= 0.6 is 0 Å². The van der Waals surface area contributed by atoms with Crippen LogP contribution in [0.15, 0.2) is 96.1 Å². The van der Waals surface area contributed by atoms with E-state index in [0.29, 0.717) is 6.54 Å². The Labute approximate surface area is 188 Å². The zero-order chi connectivity index (χ0) is 21.9. The predicted octanol–water partition coefficient (Wildman–Crippen LogP) is 5.89. The number of hydrogen-bond donors (Lipinski definition) is 1. The fraction of sp³-hybridized carbons (Fsp3) is 0.107. The van der Waals surface area contributed by atoms with E-state index < -0.39 is 0 Å². The lowest BCUT2D eigenvalue weighted by Gasteiger charge is -2.13. The molecule has 4 heteroatoms. The first-order valence-electron chi connectivity index (χ1n) is 10.6. The van der Waals surface area contributed by atoms with Gasteiger partial charge in [-0.1, -0.05) is 66.7 Å². The van der Waals surface area contributed by atoms with Gasteiger partial charge in [0.1, 0.15) is 11.5 Å². The van der Waals surface area contributed by atoms with Gasteiger partial charge >= 0.3 is 0 Å². The number of methoxy groups -OCH3 is 2. The molecule has 4 aromatic carbocycles. The third-order valence-electron chi connectivity index (χ3n) is 5.83. The Morgan fingerprint density at radius 3 is 1.78 bits per heavy atom. The zero-order valence-corrected chi connectivity index (χ0v) is 18.1. The number of nitrogens with one attached hydrogen (secondary N) is 1. The summed E-state index contributed by atoms with van der Waals surface area (Å²) >= 11 is 0. The third-order valence-corrected chi connectivity index (χ3v) is 5.83. The van der Waals surface area contributed by atoms with Crippen molar-refractivity contribution in [3.8, 4) is 33.8 Å². The molecule has 0 amide bonds. The Morgan fingerprint density at radius 1 is 0.625 bits per heavy atom. The van der Waals surface area contributed by atoms with Gasteiger partial charge in [0.25, 0.3) is 0 Å². The molecule has 0 atom stereocenters. The molecule has 158 valence electrons. The maximum absolute atomic E-state index is 5.47.